The number of hydrogen-bond acceptors (Lipinski definition) is 3. The fraction of sp³-hybridized carbons (Fsp3) is 0. The van der Waals surface area contributed by atoms with Crippen LogP contribution in [0.3, 0.4) is 0 Å². The highest BCUT2D eigenvalue weighted by Crippen LogP contribution is 2.38. The molecule has 0 bridgehead atoms. The fourth-order valence-corrected chi connectivity index (χ4v) is 1.58. The van der Waals surface area contributed by atoms with Crippen LogP contribution in [-0.4, -0.2) is 16.5 Å². The predicted molar refractivity (Wildman–Crippen MR) is 60.6 cm³/mol. The molecule has 0 heterocycles. The molecule has 2 rings (SSSR count). The first-order chi connectivity index (χ1) is 7.74. The zero-order valence-electron chi connectivity index (χ0n) is 8.42. The summed E-state index contributed by atoms with van der Waals surface area (Å²) in [6.45, 7) is 0. The van der Waals surface area contributed by atoms with Gasteiger partial charge in [0.25, 0.3) is 0 Å². The normalized spacial score (nSPS) is 10.0. The third-order valence-corrected chi connectivity index (χ3v) is 2.38. The zero-order chi connectivity index (χ0) is 11.5. The van der Waals surface area contributed by atoms with Crippen molar-refractivity contribution in [1.29, 1.82) is 0 Å². The van der Waals surface area contributed by atoms with Gasteiger partial charge in [-0.05, 0) is 17.7 Å². The standard InChI is InChI=1S/C13H10O3/c14-8-10-6-7-11(15)12(13(10)16)9-4-2-1-3-5-9/h1-8,15-16H. The van der Waals surface area contributed by atoms with Gasteiger partial charge >= 0.3 is 0 Å². The van der Waals surface area contributed by atoms with Crippen LogP contribution in [0.15, 0.2) is 42.5 Å². The van der Waals surface area contributed by atoms with Gasteiger partial charge in [0.1, 0.15) is 11.5 Å². The molecule has 3 heteroatoms. The van der Waals surface area contributed by atoms with Crippen molar-refractivity contribution in [3.63, 3.8) is 0 Å². The van der Waals surface area contributed by atoms with Crippen molar-refractivity contribution >= 4 is 6.29 Å². The molecule has 2 aromatic rings. The molecule has 0 atom stereocenters. The van der Waals surface area contributed by atoms with Crippen molar-refractivity contribution in [2.75, 3.05) is 0 Å². The SMILES string of the molecule is O=Cc1ccc(O)c(-c2ccccc2)c1O. The second-order valence-electron chi connectivity index (χ2n) is 3.38. The van der Waals surface area contributed by atoms with Crippen LogP contribution in [0.25, 0.3) is 11.1 Å². The number of benzene rings is 2. The number of carbonyl (C=O) groups excluding carboxylic acids is 1. The van der Waals surface area contributed by atoms with Crippen LogP contribution in [0.1, 0.15) is 10.4 Å². The van der Waals surface area contributed by atoms with Gasteiger partial charge in [0.05, 0.1) is 11.1 Å². The van der Waals surface area contributed by atoms with E-state index in [-0.39, 0.29) is 22.6 Å². The van der Waals surface area contributed by atoms with Gasteiger partial charge in [-0.3, -0.25) is 4.79 Å². The topological polar surface area (TPSA) is 57.5 Å². The maximum atomic E-state index is 10.7. The number of hydrogen-bond donors (Lipinski definition) is 2. The lowest BCUT2D eigenvalue weighted by Gasteiger charge is -2.08. The lowest BCUT2D eigenvalue weighted by atomic mass is 10.0. The lowest BCUT2D eigenvalue weighted by molar-refractivity contribution is 0.112. The fourth-order valence-electron chi connectivity index (χ4n) is 1.58. The molecule has 0 aliphatic rings. The van der Waals surface area contributed by atoms with Gasteiger partial charge in [-0.15, -0.1) is 0 Å². The molecule has 0 fully saturated rings. The first kappa shape index (κ1) is 10.2. The Balaban J connectivity index is 2.69. The number of rotatable bonds is 2. The quantitative estimate of drug-likeness (QED) is 0.755. The third-order valence-electron chi connectivity index (χ3n) is 2.38. The third kappa shape index (κ3) is 1.63. The van der Waals surface area contributed by atoms with E-state index in [1.807, 2.05) is 6.07 Å². The van der Waals surface area contributed by atoms with Crippen LogP contribution in [0.5, 0.6) is 11.5 Å². The number of phenols is 2. The minimum atomic E-state index is -0.193. The second kappa shape index (κ2) is 4.06. The minimum Gasteiger partial charge on any atom is -0.507 e. The minimum absolute atomic E-state index is 0.0469. The molecule has 0 spiro atoms. The van der Waals surface area contributed by atoms with Crippen molar-refractivity contribution in [2.24, 2.45) is 0 Å². The summed E-state index contributed by atoms with van der Waals surface area (Å²) < 4.78 is 0. The maximum absolute atomic E-state index is 10.7. The molecular weight excluding hydrogens is 204 g/mol. The molecule has 16 heavy (non-hydrogen) atoms. The molecule has 0 saturated heterocycles. The molecule has 3 nitrogen and oxygen atoms in total. The summed E-state index contributed by atoms with van der Waals surface area (Å²) in [7, 11) is 0. The molecule has 0 amide bonds. The Kier molecular flexibility index (Phi) is 2.60. The Hall–Kier alpha value is -2.29. The molecular formula is C13H10O3. The summed E-state index contributed by atoms with van der Waals surface area (Å²) in [6.07, 6.45) is 0.557. The maximum Gasteiger partial charge on any atom is 0.153 e. The average Bonchev–Trinajstić information content (AvgIpc) is 2.31. The molecule has 0 radical (unpaired) electrons. The Morgan fingerprint density at radius 2 is 1.62 bits per heavy atom. The molecule has 0 aliphatic carbocycles. The summed E-state index contributed by atoms with van der Waals surface area (Å²) in [5.74, 6) is -0.240. The van der Waals surface area contributed by atoms with Crippen LogP contribution in [0.2, 0.25) is 0 Å². The van der Waals surface area contributed by atoms with Gasteiger partial charge in [0, 0.05) is 0 Å². The number of aromatic hydroxyl groups is 2. The van der Waals surface area contributed by atoms with Gasteiger partial charge in [-0.1, -0.05) is 30.3 Å². The number of phenolic OH excluding ortho intramolecular Hbond substituents is 2. The molecule has 2 aromatic carbocycles. The van der Waals surface area contributed by atoms with Gasteiger partial charge in [0.15, 0.2) is 6.29 Å². The number of carbonyl (C=O) groups is 1. The summed E-state index contributed by atoms with van der Waals surface area (Å²) >= 11 is 0. The highest BCUT2D eigenvalue weighted by atomic mass is 16.3. The van der Waals surface area contributed by atoms with E-state index in [0.717, 1.165) is 0 Å². The van der Waals surface area contributed by atoms with Crippen LogP contribution < -0.4 is 0 Å². The highest BCUT2D eigenvalue weighted by molar-refractivity contribution is 5.88. The molecule has 0 aliphatic heterocycles. The van der Waals surface area contributed by atoms with Crippen molar-refractivity contribution in [2.45, 2.75) is 0 Å². The Morgan fingerprint density at radius 1 is 0.938 bits per heavy atom. The van der Waals surface area contributed by atoms with Crippen molar-refractivity contribution in [1.82, 2.24) is 0 Å². The van der Waals surface area contributed by atoms with Gasteiger partial charge < -0.3 is 10.2 Å². The van der Waals surface area contributed by atoms with E-state index in [0.29, 0.717) is 11.8 Å². The van der Waals surface area contributed by atoms with Gasteiger partial charge in [-0.2, -0.15) is 0 Å². The van der Waals surface area contributed by atoms with E-state index >= 15 is 0 Å². The van der Waals surface area contributed by atoms with E-state index in [1.54, 1.807) is 24.3 Å². The lowest BCUT2D eigenvalue weighted by Crippen LogP contribution is -1.86. The van der Waals surface area contributed by atoms with Gasteiger partial charge in [-0.25, -0.2) is 0 Å². The molecule has 0 aromatic heterocycles. The second-order valence-corrected chi connectivity index (χ2v) is 3.38. The predicted octanol–water partition coefficient (Wildman–Crippen LogP) is 2.58. The van der Waals surface area contributed by atoms with E-state index in [2.05, 4.69) is 0 Å². The van der Waals surface area contributed by atoms with E-state index in [1.165, 1.54) is 12.1 Å². The van der Waals surface area contributed by atoms with Crippen molar-refractivity contribution in [3.8, 4) is 22.6 Å². The van der Waals surface area contributed by atoms with Crippen LogP contribution in [0, 0.1) is 0 Å². The Morgan fingerprint density at radius 3 is 2.25 bits per heavy atom. The summed E-state index contributed by atoms with van der Waals surface area (Å²) in [5.41, 5.74) is 1.11. The summed E-state index contributed by atoms with van der Waals surface area (Å²) in [6, 6.07) is 11.7. The average molecular weight is 214 g/mol. The van der Waals surface area contributed by atoms with Crippen molar-refractivity contribution in [3.05, 3.63) is 48.0 Å². The van der Waals surface area contributed by atoms with Crippen LogP contribution in [-0.2, 0) is 0 Å². The van der Waals surface area contributed by atoms with Gasteiger partial charge in [0.2, 0.25) is 0 Å². The van der Waals surface area contributed by atoms with E-state index < -0.39 is 0 Å². The molecule has 80 valence electrons. The first-order valence-electron chi connectivity index (χ1n) is 4.79. The zero-order valence-corrected chi connectivity index (χ0v) is 8.42. The molecule has 0 unspecified atom stereocenters. The Labute approximate surface area is 92.6 Å². The highest BCUT2D eigenvalue weighted by Gasteiger charge is 2.13. The molecule has 0 saturated carbocycles. The van der Waals surface area contributed by atoms with Crippen LogP contribution in [0.4, 0.5) is 0 Å². The summed E-state index contributed by atoms with van der Waals surface area (Å²) in [4.78, 5) is 10.7. The molecule has 2 N–H and O–H groups in total. The monoisotopic (exact) mass is 214 g/mol. The Bertz CT molecular complexity index is 518. The summed E-state index contributed by atoms with van der Waals surface area (Å²) in [5, 5.41) is 19.5. The van der Waals surface area contributed by atoms with Crippen molar-refractivity contribution < 1.29 is 15.0 Å². The first-order valence-corrected chi connectivity index (χ1v) is 4.79. The smallest absolute Gasteiger partial charge is 0.153 e. The largest absolute Gasteiger partial charge is 0.507 e. The van der Waals surface area contributed by atoms with Crippen LogP contribution >= 0.6 is 0 Å². The van der Waals surface area contributed by atoms with E-state index in [9.17, 15) is 15.0 Å². The number of aldehydes is 1. The van der Waals surface area contributed by atoms with E-state index in [4.69, 9.17) is 0 Å².